The lowest BCUT2D eigenvalue weighted by Crippen LogP contribution is -2.48. The van der Waals surface area contributed by atoms with Gasteiger partial charge in [-0.25, -0.2) is 9.37 Å². The van der Waals surface area contributed by atoms with Crippen LogP contribution < -0.4 is 0 Å². The molecule has 4 rings (SSSR count). The number of nitrogens with zero attached hydrogens (tertiary/aromatic N) is 3. The van der Waals surface area contributed by atoms with Gasteiger partial charge in [-0.1, -0.05) is 18.2 Å². The lowest BCUT2D eigenvalue weighted by atomic mass is 10.1. The van der Waals surface area contributed by atoms with Crippen LogP contribution in [0.4, 0.5) is 4.39 Å². The van der Waals surface area contributed by atoms with Crippen molar-refractivity contribution in [3.8, 4) is 10.8 Å². The molecule has 0 saturated carbocycles. The first kappa shape index (κ1) is 17.9. The van der Waals surface area contributed by atoms with E-state index in [0.29, 0.717) is 25.5 Å². The molecule has 0 radical (unpaired) electrons. The number of rotatable bonds is 4. The third-order valence-corrected chi connectivity index (χ3v) is 5.62. The first-order valence-corrected chi connectivity index (χ1v) is 9.76. The molecule has 5 nitrogen and oxygen atoms in total. The van der Waals surface area contributed by atoms with E-state index in [9.17, 15) is 9.18 Å². The highest BCUT2D eigenvalue weighted by Crippen LogP contribution is 2.26. The molecular formula is C20H20FN3O2S. The molecule has 140 valence electrons. The Morgan fingerprint density at radius 2 is 1.96 bits per heavy atom. The van der Waals surface area contributed by atoms with Crippen LogP contribution in [-0.4, -0.2) is 46.9 Å². The molecule has 0 atom stereocenters. The first-order chi connectivity index (χ1) is 13.1. The lowest BCUT2D eigenvalue weighted by molar-refractivity contribution is 0.0622. The number of aryl methyl sites for hydroxylation is 1. The van der Waals surface area contributed by atoms with Crippen molar-refractivity contribution in [2.45, 2.75) is 13.5 Å². The number of thiophene rings is 1. The quantitative estimate of drug-likeness (QED) is 0.685. The molecule has 1 fully saturated rings. The van der Waals surface area contributed by atoms with Gasteiger partial charge in [-0.15, -0.1) is 11.3 Å². The molecule has 0 aliphatic carbocycles. The maximum Gasteiger partial charge on any atom is 0.256 e. The largest absolute Gasteiger partial charge is 0.440 e. The number of aromatic nitrogens is 1. The minimum atomic E-state index is -0.468. The molecule has 1 saturated heterocycles. The van der Waals surface area contributed by atoms with Gasteiger partial charge < -0.3 is 9.32 Å². The van der Waals surface area contributed by atoms with Crippen LogP contribution in [0, 0.1) is 12.7 Å². The van der Waals surface area contributed by atoms with E-state index in [0.717, 1.165) is 29.4 Å². The molecule has 27 heavy (non-hydrogen) atoms. The molecule has 2 aromatic heterocycles. The Bertz CT molecular complexity index is 931. The van der Waals surface area contributed by atoms with E-state index in [1.165, 1.54) is 12.1 Å². The number of carbonyl (C=O) groups is 1. The number of hydrogen-bond acceptors (Lipinski definition) is 5. The van der Waals surface area contributed by atoms with E-state index in [2.05, 4.69) is 9.88 Å². The summed E-state index contributed by atoms with van der Waals surface area (Å²) in [5.74, 6) is 0.767. The Hall–Kier alpha value is -2.51. The average Bonchev–Trinajstić information content (AvgIpc) is 3.33. The summed E-state index contributed by atoms with van der Waals surface area (Å²) in [7, 11) is 0. The Kier molecular flexibility index (Phi) is 5.05. The van der Waals surface area contributed by atoms with Crippen LogP contribution in [0.15, 0.2) is 46.2 Å². The summed E-state index contributed by atoms with van der Waals surface area (Å²) in [5.41, 5.74) is 1.06. The molecule has 1 amide bonds. The summed E-state index contributed by atoms with van der Waals surface area (Å²) < 4.78 is 19.6. The van der Waals surface area contributed by atoms with Gasteiger partial charge in [0.1, 0.15) is 11.6 Å². The predicted octanol–water partition coefficient (Wildman–Crippen LogP) is 3.81. The topological polar surface area (TPSA) is 49.6 Å². The fraction of sp³-hybridized carbons (Fsp3) is 0.300. The molecule has 0 bridgehead atoms. The summed E-state index contributed by atoms with van der Waals surface area (Å²) >= 11 is 1.60. The fourth-order valence-electron chi connectivity index (χ4n) is 3.21. The fourth-order valence-corrected chi connectivity index (χ4v) is 3.86. The Labute approximate surface area is 161 Å². The van der Waals surface area contributed by atoms with E-state index in [1.54, 1.807) is 28.4 Å². The highest BCUT2D eigenvalue weighted by Gasteiger charge is 2.25. The van der Waals surface area contributed by atoms with E-state index in [4.69, 9.17) is 4.42 Å². The second-order valence-electron chi connectivity index (χ2n) is 6.55. The number of benzene rings is 1. The van der Waals surface area contributed by atoms with Gasteiger partial charge in [0.05, 0.1) is 16.1 Å². The summed E-state index contributed by atoms with van der Waals surface area (Å²) in [4.78, 5) is 22.1. The third-order valence-electron chi connectivity index (χ3n) is 4.76. The van der Waals surface area contributed by atoms with Gasteiger partial charge in [0.2, 0.25) is 5.89 Å². The van der Waals surface area contributed by atoms with E-state index in [1.807, 2.05) is 24.4 Å². The zero-order valence-electron chi connectivity index (χ0n) is 15.0. The number of oxazole rings is 1. The van der Waals surface area contributed by atoms with Crippen molar-refractivity contribution in [3.05, 3.63) is 64.6 Å². The van der Waals surface area contributed by atoms with Gasteiger partial charge in [-0.3, -0.25) is 9.69 Å². The van der Waals surface area contributed by atoms with E-state index < -0.39 is 5.82 Å². The van der Waals surface area contributed by atoms with Crippen molar-refractivity contribution < 1.29 is 13.6 Å². The standard InChI is InChI=1S/C20H20FN3O2S/c1-14-17(22-19(26-14)18-7-4-12-27-18)13-23-8-10-24(11-9-23)20(25)15-5-2-3-6-16(15)21/h2-7,12H,8-11,13H2,1H3. The van der Waals surface area contributed by atoms with Gasteiger partial charge in [-0.2, -0.15) is 0 Å². The number of piperazine rings is 1. The van der Waals surface area contributed by atoms with Crippen LogP contribution in [0.25, 0.3) is 10.8 Å². The van der Waals surface area contributed by atoms with E-state index >= 15 is 0 Å². The highest BCUT2D eigenvalue weighted by molar-refractivity contribution is 7.13. The summed E-state index contributed by atoms with van der Waals surface area (Å²) in [6, 6.07) is 10.1. The molecule has 1 aromatic carbocycles. The molecule has 0 N–H and O–H groups in total. The van der Waals surface area contributed by atoms with Crippen LogP contribution in [0.3, 0.4) is 0 Å². The van der Waals surface area contributed by atoms with Crippen molar-refractivity contribution in [2.75, 3.05) is 26.2 Å². The van der Waals surface area contributed by atoms with Crippen LogP contribution in [-0.2, 0) is 6.54 Å². The predicted molar refractivity (Wildman–Crippen MR) is 102 cm³/mol. The van der Waals surface area contributed by atoms with Crippen molar-refractivity contribution in [3.63, 3.8) is 0 Å². The molecule has 0 spiro atoms. The van der Waals surface area contributed by atoms with Crippen LogP contribution in [0.1, 0.15) is 21.8 Å². The average molecular weight is 385 g/mol. The summed E-state index contributed by atoms with van der Waals surface area (Å²) in [6.45, 7) is 5.20. The minimum absolute atomic E-state index is 0.138. The molecule has 1 aliphatic heterocycles. The van der Waals surface area contributed by atoms with Gasteiger partial charge in [0.25, 0.3) is 5.91 Å². The number of amides is 1. The normalized spacial score (nSPS) is 15.3. The number of hydrogen-bond donors (Lipinski definition) is 0. The SMILES string of the molecule is Cc1oc(-c2cccs2)nc1CN1CCN(C(=O)c2ccccc2F)CC1. The van der Waals surface area contributed by atoms with Crippen LogP contribution >= 0.6 is 11.3 Å². The molecule has 1 aliphatic rings. The van der Waals surface area contributed by atoms with Gasteiger partial charge >= 0.3 is 0 Å². The van der Waals surface area contributed by atoms with Gasteiger partial charge in [-0.05, 0) is 30.5 Å². The van der Waals surface area contributed by atoms with Crippen LogP contribution in [0.5, 0.6) is 0 Å². The minimum Gasteiger partial charge on any atom is -0.440 e. The zero-order chi connectivity index (χ0) is 18.8. The van der Waals surface area contributed by atoms with Crippen molar-refractivity contribution in [2.24, 2.45) is 0 Å². The molecular weight excluding hydrogens is 365 g/mol. The van der Waals surface area contributed by atoms with Gasteiger partial charge in [0, 0.05) is 32.7 Å². The maximum atomic E-state index is 13.8. The lowest BCUT2D eigenvalue weighted by Gasteiger charge is -2.34. The second kappa shape index (κ2) is 7.62. The third kappa shape index (κ3) is 3.79. The van der Waals surface area contributed by atoms with Crippen molar-refractivity contribution >= 4 is 17.2 Å². The first-order valence-electron chi connectivity index (χ1n) is 8.88. The molecule has 7 heteroatoms. The molecule has 3 heterocycles. The smallest absolute Gasteiger partial charge is 0.256 e. The maximum absolute atomic E-state index is 13.8. The summed E-state index contributed by atoms with van der Waals surface area (Å²) in [5, 5.41) is 2.00. The van der Waals surface area contributed by atoms with Crippen molar-refractivity contribution in [1.29, 1.82) is 0 Å². The molecule has 3 aromatic rings. The zero-order valence-corrected chi connectivity index (χ0v) is 15.8. The monoisotopic (exact) mass is 385 g/mol. The number of halogens is 1. The Morgan fingerprint density at radius 1 is 1.19 bits per heavy atom. The number of carbonyl (C=O) groups excluding carboxylic acids is 1. The second-order valence-corrected chi connectivity index (χ2v) is 7.50. The Morgan fingerprint density at radius 3 is 2.67 bits per heavy atom. The summed E-state index contributed by atoms with van der Waals surface area (Å²) in [6.07, 6.45) is 0. The van der Waals surface area contributed by atoms with Crippen LogP contribution in [0.2, 0.25) is 0 Å². The van der Waals surface area contributed by atoms with Gasteiger partial charge in [0.15, 0.2) is 0 Å². The van der Waals surface area contributed by atoms with Crippen molar-refractivity contribution in [1.82, 2.24) is 14.8 Å². The van der Waals surface area contributed by atoms with E-state index in [-0.39, 0.29) is 11.5 Å². The molecule has 0 unspecified atom stereocenters. The highest BCUT2D eigenvalue weighted by atomic mass is 32.1. The Balaban J connectivity index is 1.37.